The Kier molecular flexibility index (Phi) is 6.63. The van der Waals surface area contributed by atoms with Gasteiger partial charge in [0.05, 0.1) is 0 Å². The first-order chi connectivity index (χ1) is 13.7. The number of fused-ring (bicyclic) bond motifs is 1. The van der Waals surface area contributed by atoms with Crippen molar-refractivity contribution in [3.05, 3.63) is 29.1 Å². The van der Waals surface area contributed by atoms with Crippen LogP contribution in [0.4, 0.5) is 4.39 Å². The number of hydrogen-bond donors (Lipinski definition) is 0. The van der Waals surface area contributed by atoms with Crippen LogP contribution >= 0.6 is 0 Å². The molecule has 2 fully saturated rings. The second-order valence-electron chi connectivity index (χ2n) is 9.87. The second kappa shape index (κ2) is 9.18. The van der Waals surface area contributed by atoms with E-state index in [0.29, 0.717) is 11.7 Å². The van der Waals surface area contributed by atoms with Gasteiger partial charge in [-0.25, -0.2) is 4.39 Å². The average Bonchev–Trinajstić information content (AvgIpc) is 2.74. The largest absolute Gasteiger partial charge is 0.487 e. The van der Waals surface area contributed by atoms with Gasteiger partial charge in [0.1, 0.15) is 6.10 Å². The lowest BCUT2D eigenvalue weighted by atomic mass is 9.68. The molecule has 1 nitrogen and oxygen atoms in total. The van der Waals surface area contributed by atoms with Gasteiger partial charge in [0, 0.05) is 0 Å². The number of hydrogen-bond acceptors (Lipinski definition) is 1. The Morgan fingerprint density at radius 2 is 1.50 bits per heavy atom. The third-order valence-electron chi connectivity index (χ3n) is 8.16. The standard InChI is InChI=1S/C26H39FO/c1-3-5-19-16-23-14-15-25(28-26(23)24(27)17-19)22-12-10-21(11-13-22)20-8-6-18(4-2)7-9-20/h16-18,20-22,25H,3-15H2,1-2H3. The van der Waals surface area contributed by atoms with E-state index in [1.54, 1.807) is 6.07 Å². The molecule has 2 aliphatic carbocycles. The maximum Gasteiger partial charge on any atom is 0.165 e. The van der Waals surface area contributed by atoms with Gasteiger partial charge in [-0.1, -0.05) is 45.6 Å². The summed E-state index contributed by atoms with van der Waals surface area (Å²) in [4.78, 5) is 0. The Balaban J connectivity index is 1.31. The van der Waals surface area contributed by atoms with Gasteiger partial charge in [-0.15, -0.1) is 0 Å². The highest BCUT2D eigenvalue weighted by Crippen LogP contribution is 2.44. The van der Waals surface area contributed by atoms with Gasteiger partial charge >= 0.3 is 0 Å². The Bertz CT molecular complexity index is 638. The number of ether oxygens (including phenoxy) is 1. The third kappa shape index (κ3) is 4.41. The molecule has 156 valence electrons. The van der Waals surface area contributed by atoms with Gasteiger partial charge in [-0.3, -0.25) is 0 Å². The summed E-state index contributed by atoms with van der Waals surface area (Å²) in [5.41, 5.74) is 2.22. The van der Waals surface area contributed by atoms with Gasteiger partial charge in [-0.2, -0.15) is 0 Å². The first kappa shape index (κ1) is 20.2. The van der Waals surface area contributed by atoms with Crippen LogP contribution in [-0.4, -0.2) is 6.10 Å². The van der Waals surface area contributed by atoms with Crippen LogP contribution in [0.25, 0.3) is 0 Å². The molecule has 2 heteroatoms. The smallest absolute Gasteiger partial charge is 0.165 e. The molecule has 1 aromatic carbocycles. The molecule has 0 spiro atoms. The van der Waals surface area contributed by atoms with Gasteiger partial charge in [0.2, 0.25) is 0 Å². The van der Waals surface area contributed by atoms with Crippen molar-refractivity contribution in [2.45, 2.75) is 103 Å². The van der Waals surface area contributed by atoms with Crippen molar-refractivity contribution in [1.82, 2.24) is 0 Å². The van der Waals surface area contributed by atoms with Crippen LogP contribution in [0.5, 0.6) is 5.75 Å². The van der Waals surface area contributed by atoms with Crippen molar-refractivity contribution in [2.75, 3.05) is 0 Å². The van der Waals surface area contributed by atoms with E-state index < -0.39 is 0 Å². The van der Waals surface area contributed by atoms with Gasteiger partial charge in [0.15, 0.2) is 11.6 Å². The molecule has 0 radical (unpaired) electrons. The van der Waals surface area contributed by atoms with Crippen molar-refractivity contribution in [2.24, 2.45) is 23.7 Å². The highest BCUT2D eigenvalue weighted by Gasteiger charge is 2.35. The molecule has 1 aliphatic heterocycles. The lowest BCUT2D eigenvalue weighted by Crippen LogP contribution is -2.35. The molecule has 1 aromatic rings. The van der Waals surface area contributed by atoms with Crippen LogP contribution in [0.2, 0.25) is 0 Å². The van der Waals surface area contributed by atoms with Crippen LogP contribution in [-0.2, 0) is 12.8 Å². The maximum atomic E-state index is 14.6. The first-order valence-corrected chi connectivity index (χ1v) is 12.2. The molecular weight excluding hydrogens is 347 g/mol. The number of aryl methyl sites for hydroxylation is 2. The van der Waals surface area contributed by atoms with E-state index in [2.05, 4.69) is 19.9 Å². The Hall–Kier alpha value is -1.05. The monoisotopic (exact) mass is 386 g/mol. The fourth-order valence-corrected chi connectivity index (χ4v) is 6.36. The van der Waals surface area contributed by atoms with Crippen LogP contribution in [0.3, 0.4) is 0 Å². The third-order valence-corrected chi connectivity index (χ3v) is 8.16. The normalized spacial score (nSPS) is 33.2. The minimum Gasteiger partial charge on any atom is -0.487 e. The summed E-state index contributed by atoms with van der Waals surface area (Å²) in [6.07, 6.45) is 16.8. The lowest BCUT2D eigenvalue weighted by molar-refractivity contribution is 0.0571. The summed E-state index contributed by atoms with van der Waals surface area (Å²) < 4.78 is 20.9. The molecule has 1 unspecified atom stereocenters. The lowest BCUT2D eigenvalue weighted by Gasteiger charge is -2.40. The molecule has 28 heavy (non-hydrogen) atoms. The number of halogens is 1. The fraction of sp³-hybridized carbons (Fsp3) is 0.769. The minimum absolute atomic E-state index is 0.132. The average molecular weight is 387 g/mol. The summed E-state index contributed by atoms with van der Waals surface area (Å²) in [7, 11) is 0. The zero-order valence-electron chi connectivity index (χ0n) is 18.0. The summed E-state index contributed by atoms with van der Waals surface area (Å²) in [6, 6.07) is 3.88. The Morgan fingerprint density at radius 3 is 2.14 bits per heavy atom. The molecule has 4 rings (SSSR count). The van der Waals surface area contributed by atoms with E-state index in [9.17, 15) is 4.39 Å². The van der Waals surface area contributed by atoms with Crippen molar-refractivity contribution < 1.29 is 9.13 Å². The van der Waals surface area contributed by atoms with Crippen LogP contribution < -0.4 is 4.74 Å². The Morgan fingerprint density at radius 1 is 0.857 bits per heavy atom. The zero-order valence-corrected chi connectivity index (χ0v) is 18.0. The minimum atomic E-state index is -0.132. The van der Waals surface area contributed by atoms with Gasteiger partial charge < -0.3 is 4.74 Å². The van der Waals surface area contributed by atoms with E-state index in [1.165, 1.54) is 57.8 Å². The predicted molar refractivity (Wildman–Crippen MR) is 114 cm³/mol. The van der Waals surface area contributed by atoms with Gasteiger partial charge in [-0.05, 0) is 98.7 Å². The maximum absolute atomic E-state index is 14.6. The summed E-state index contributed by atoms with van der Waals surface area (Å²) >= 11 is 0. The quantitative estimate of drug-likeness (QED) is 0.509. The zero-order chi connectivity index (χ0) is 19.5. The molecule has 0 bridgehead atoms. The van der Waals surface area contributed by atoms with Crippen LogP contribution in [0, 0.1) is 29.5 Å². The van der Waals surface area contributed by atoms with E-state index in [-0.39, 0.29) is 11.9 Å². The molecule has 0 saturated heterocycles. The van der Waals surface area contributed by atoms with Crippen LogP contribution in [0.15, 0.2) is 12.1 Å². The summed E-state index contributed by atoms with van der Waals surface area (Å²) in [6.45, 7) is 4.50. The van der Waals surface area contributed by atoms with Crippen molar-refractivity contribution in [1.29, 1.82) is 0 Å². The summed E-state index contributed by atoms with van der Waals surface area (Å²) in [5, 5.41) is 0. The molecule has 1 atom stereocenters. The van der Waals surface area contributed by atoms with Crippen LogP contribution in [0.1, 0.15) is 95.6 Å². The SMILES string of the molecule is CCCc1cc(F)c2c(c1)CCC(C1CCC(C3CCC(CC)CC3)CC1)O2. The fourth-order valence-electron chi connectivity index (χ4n) is 6.36. The topological polar surface area (TPSA) is 9.23 Å². The van der Waals surface area contributed by atoms with E-state index in [1.807, 2.05) is 0 Å². The summed E-state index contributed by atoms with van der Waals surface area (Å²) in [5.74, 6) is 3.98. The predicted octanol–water partition coefficient (Wildman–Crippen LogP) is 7.49. The van der Waals surface area contributed by atoms with E-state index in [0.717, 1.165) is 54.6 Å². The molecule has 0 amide bonds. The van der Waals surface area contributed by atoms with Crippen molar-refractivity contribution in [3.8, 4) is 5.75 Å². The van der Waals surface area contributed by atoms with Gasteiger partial charge in [0.25, 0.3) is 0 Å². The number of rotatable bonds is 5. The van der Waals surface area contributed by atoms with Crippen molar-refractivity contribution in [3.63, 3.8) is 0 Å². The molecule has 0 N–H and O–H groups in total. The van der Waals surface area contributed by atoms with E-state index >= 15 is 0 Å². The molecule has 0 aromatic heterocycles. The van der Waals surface area contributed by atoms with E-state index in [4.69, 9.17) is 4.74 Å². The molecule has 3 aliphatic rings. The molecule has 1 heterocycles. The molecular formula is C26H39FO. The highest BCUT2D eigenvalue weighted by atomic mass is 19.1. The first-order valence-electron chi connectivity index (χ1n) is 12.2. The highest BCUT2D eigenvalue weighted by molar-refractivity contribution is 5.40. The molecule has 2 saturated carbocycles. The Labute approximate surface area is 171 Å². The van der Waals surface area contributed by atoms with Crippen molar-refractivity contribution >= 4 is 0 Å². The number of benzene rings is 1. The second-order valence-corrected chi connectivity index (χ2v) is 9.87.